The van der Waals surface area contributed by atoms with Crippen molar-refractivity contribution in [3.8, 4) is 0 Å². The van der Waals surface area contributed by atoms with Gasteiger partial charge in [0, 0.05) is 43.7 Å². The highest BCUT2D eigenvalue weighted by atomic mass is 19.3. The second-order valence-corrected chi connectivity index (χ2v) is 7.42. The smallest absolute Gasteiger partial charge is 0.259 e. The molecule has 8 heteroatoms. The first-order valence-electron chi connectivity index (χ1n) is 8.33. The fourth-order valence-corrected chi connectivity index (χ4v) is 3.18. The summed E-state index contributed by atoms with van der Waals surface area (Å²) in [6.45, 7) is 6.96. The third kappa shape index (κ3) is 3.22. The molecule has 1 amide bonds. The Morgan fingerprint density at radius 3 is 2.76 bits per heavy atom. The summed E-state index contributed by atoms with van der Waals surface area (Å²) in [6.07, 6.45) is -1.14. The Balaban J connectivity index is 2.02. The van der Waals surface area contributed by atoms with E-state index < -0.39 is 18.4 Å². The standard InChI is InChI=1S/C17H23F2N5O/c1-17(2,3)13-11-7-10(8-21-15(11)23(4)22-13)16(25)24-6-5-20-9-12(24)14(18)19/h7-8,12,14,20H,5-6,9H2,1-4H3. The van der Waals surface area contributed by atoms with Gasteiger partial charge in [0.05, 0.1) is 11.3 Å². The van der Waals surface area contributed by atoms with E-state index in [1.54, 1.807) is 17.8 Å². The van der Waals surface area contributed by atoms with Gasteiger partial charge in [-0.1, -0.05) is 20.8 Å². The quantitative estimate of drug-likeness (QED) is 0.898. The van der Waals surface area contributed by atoms with E-state index in [0.29, 0.717) is 17.8 Å². The molecule has 0 spiro atoms. The predicted octanol–water partition coefficient (Wildman–Crippen LogP) is 1.94. The summed E-state index contributed by atoms with van der Waals surface area (Å²) < 4.78 is 28.2. The number of amides is 1. The lowest BCUT2D eigenvalue weighted by Crippen LogP contribution is -2.56. The van der Waals surface area contributed by atoms with E-state index in [-0.39, 0.29) is 18.5 Å². The number of piperazine rings is 1. The van der Waals surface area contributed by atoms with Gasteiger partial charge in [-0.3, -0.25) is 9.48 Å². The molecule has 1 atom stereocenters. The molecule has 1 N–H and O–H groups in total. The van der Waals surface area contributed by atoms with Gasteiger partial charge in [0.15, 0.2) is 5.65 Å². The van der Waals surface area contributed by atoms with Crippen molar-refractivity contribution in [3.05, 3.63) is 23.5 Å². The predicted molar refractivity (Wildman–Crippen MR) is 90.9 cm³/mol. The first kappa shape index (κ1) is 17.7. The highest BCUT2D eigenvalue weighted by Gasteiger charge is 2.34. The zero-order valence-electron chi connectivity index (χ0n) is 14.9. The third-order valence-corrected chi connectivity index (χ3v) is 4.47. The third-order valence-electron chi connectivity index (χ3n) is 4.47. The Kier molecular flexibility index (Phi) is 4.49. The van der Waals surface area contributed by atoms with Gasteiger partial charge in [0.2, 0.25) is 0 Å². The fourth-order valence-electron chi connectivity index (χ4n) is 3.18. The van der Waals surface area contributed by atoms with Gasteiger partial charge in [0.1, 0.15) is 6.04 Å². The van der Waals surface area contributed by atoms with Crippen LogP contribution in [0.4, 0.5) is 8.78 Å². The Morgan fingerprint density at radius 1 is 1.40 bits per heavy atom. The Labute approximate surface area is 145 Å². The number of hydrogen-bond donors (Lipinski definition) is 1. The van der Waals surface area contributed by atoms with Crippen LogP contribution in [0.3, 0.4) is 0 Å². The Bertz CT molecular complexity index is 796. The highest BCUT2D eigenvalue weighted by Crippen LogP contribution is 2.29. The largest absolute Gasteiger partial charge is 0.327 e. The van der Waals surface area contributed by atoms with Crippen molar-refractivity contribution in [1.29, 1.82) is 0 Å². The number of rotatable bonds is 2. The molecule has 25 heavy (non-hydrogen) atoms. The average molecular weight is 351 g/mol. The summed E-state index contributed by atoms with van der Waals surface area (Å²) in [7, 11) is 1.80. The molecular weight excluding hydrogens is 328 g/mol. The van der Waals surface area contributed by atoms with Crippen LogP contribution in [0.15, 0.2) is 12.3 Å². The van der Waals surface area contributed by atoms with E-state index >= 15 is 0 Å². The maximum Gasteiger partial charge on any atom is 0.259 e. The van der Waals surface area contributed by atoms with E-state index in [4.69, 9.17) is 0 Å². The molecule has 1 aliphatic heterocycles. The molecule has 136 valence electrons. The number of nitrogens with one attached hydrogen (secondary N) is 1. The minimum Gasteiger partial charge on any atom is -0.327 e. The van der Waals surface area contributed by atoms with Crippen LogP contribution < -0.4 is 5.32 Å². The van der Waals surface area contributed by atoms with Gasteiger partial charge in [-0.2, -0.15) is 5.10 Å². The number of alkyl halides is 2. The number of carbonyl (C=O) groups excluding carboxylic acids is 1. The lowest BCUT2D eigenvalue weighted by Gasteiger charge is -2.35. The first-order chi connectivity index (χ1) is 11.7. The molecule has 0 aliphatic carbocycles. The van der Waals surface area contributed by atoms with Gasteiger partial charge in [0.25, 0.3) is 12.3 Å². The van der Waals surface area contributed by atoms with Crippen LogP contribution in [-0.2, 0) is 12.5 Å². The van der Waals surface area contributed by atoms with E-state index in [9.17, 15) is 13.6 Å². The van der Waals surface area contributed by atoms with Crippen molar-refractivity contribution < 1.29 is 13.6 Å². The summed E-state index contributed by atoms with van der Waals surface area (Å²) in [4.78, 5) is 18.4. The molecule has 0 radical (unpaired) electrons. The Morgan fingerprint density at radius 2 is 2.12 bits per heavy atom. The summed E-state index contributed by atoms with van der Waals surface area (Å²) in [5.74, 6) is -0.412. The molecular formula is C17H23F2N5O. The second-order valence-electron chi connectivity index (χ2n) is 7.42. The summed E-state index contributed by atoms with van der Waals surface area (Å²) in [6, 6.07) is 0.607. The zero-order chi connectivity index (χ0) is 18.4. The topological polar surface area (TPSA) is 63.1 Å². The monoisotopic (exact) mass is 351 g/mol. The van der Waals surface area contributed by atoms with Gasteiger partial charge in [-0.15, -0.1) is 0 Å². The number of aromatic nitrogens is 3. The van der Waals surface area contributed by atoms with E-state index in [1.807, 2.05) is 20.8 Å². The van der Waals surface area contributed by atoms with Crippen molar-refractivity contribution in [3.63, 3.8) is 0 Å². The van der Waals surface area contributed by atoms with Crippen LogP contribution in [0.2, 0.25) is 0 Å². The normalized spacial score (nSPS) is 19.0. The number of pyridine rings is 1. The molecule has 0 bridgehead atoms. The molecule has 1 aliphatic rings. The van der Waals surface area contributed by atoms with Gasteiger partial charge >= 0.3 is 0 Å². The lowest BCUT2D eigenvalue weighted by atomic mass is 9.90. The number of carbonyl (C=O) groups is 1. The van der Waals surface area contributed by atoms with E-state index in [0.717, 1.165) is 11.1 Å². The van der Waals surface area contributed by atoms with E-state index in [2.05, 4.69) is 15.4 Å². The van der Waals surface area contributed by atoms with Crippen LogP contribution in [0.25, 0.3) is 11.0 Å². The van der Waals surface area contributed by atoms with Crippen molar-refractivity contribution in [2.75, 3.05) is 19.6 Å². The second kappa shape index (κ2) is 6.33. The number of hydrogen-bond acceptors (Lipinski definition) is 4. The molecule has 1 saturated heterocycles. The molecule has 3 rings (SSSR count). The molecule has 6 nitrogen and oxygen atoms in total. The molecule has 1 unspecified atom stereocenters. The van der Waals surface area contributed by atoms with Crippen LogP contribution in [0, 0.1) is 0 Å². The summed E-state index contributed by atoms with van der Waals surface area (Å²) in [5, 5.41) is 8.21. The van der Waals surface area contributed by atoms with Gasteiger partial charge in [-0.05, 0) is 6.07 Å². The van der Waals surface area contributed by atoms with Crippen molar-refractivity contribution in [2.45, 2.75) is 38.7 Å². The number of halogens is 2. The summed E-state index contributed by atoms with van der Waals surface area (Å²) >= 11 is 0. The lowest BCUT2D eigenvalue weighted by molar-refractivity contribution is 0.0126. The van der Waals surface area contributed by atoms with Crippen molar-refractivity contribution in [2.24, 2.45) is 7.05 Å². The molecule has 2 aromatic heterocycles. The summed E-state index contributed by atoms with van der Waals surface area (Å²) in [5.41, 5.74) is 1.60. The van der Waals surface area contributed by atoms with Crippen molar-refractivity contribution in [1.82, 2.24) is 25.0 Å². The van der Waals surface area contributed by atoms with Crippen LogP contribution in [-0.4, -0.2) is 57.7 Å². The maximum atomic E-state index is 13.3. The SMILES string of the molecule is Cn1nc(C(C)(C)C)c2cc(C(=O)N3CCNCC3C(F)F)cnc21. The molecule has 2 aromatic rings. The van der Waals surface area contributed by atoms with Crippen LogP contribution in [0.1, 0.15) is 36.8 Å². The highest BCUT2D eigenvalue weighted by molar-refractivity contribution is 5.97. The molecule has 3 heterocycles. The fraction of sp³-hybridized carbons (Fsp3) is 0.588. The molecule has 1 fully saturated rings. The van der Waals surface area contributed by atoms with Crippen LogP contribution in [0.5, 0.6) is 0 Å². The number of fused-ring (bicyclic) bond motifs is 1. The minimum absolute atomic E-state index is 0.0964. The molecule has 0 aromatic carbocycles. The number of nitrogens with zero attached hydrogens (tertiary/aromatic N) is 4. The van der Waals surface area contributed by atoms with Gasteiger partial charge in [-0.25, -0.2) is 13.8 Å². The van der Waals surface area contributed by atoms with Crippen molar-refractivity contribution >= 4 is 16.9 Å². The van der Waals surface area contributed by atoms with Crippen LogP contribution >= 0.6 is 0 Å². The zero-order valence-corrected chi connectivity index (χ0v) is 14.9. The maximum absolute atomic E-state index is 13.3. The van der Waals surface area contributed by atoms with E-state index in [1.165, 1.54) is 11.1 Å². The van der Waals surface area contributed by atoms with Gasteiger partial charge < -0.3 is 10.2 Å². The molecule has 0 saturated carbocycles. The first-order valence-corrected chi connectivity index (χ1v) is 8.33. The minimum atomic E-state index is -2.59. The Hall–Kier alpha value is -2.09. The average Bonchev–Trinajstić information content (AvgIpc) is 2.91. The number of aryl methyl sites for hydroxylation is 1.